The molecule has 1 heterocycles. The first-order chi connectivity index (χ1) is 8.06. The third kappa shape index (κ3) is 2.68. The van der Waals surface area contributed by atoms with Crippen LogP contribution in [0.3, 0.4) is 0 Å². The summed E-state index contributed by atoms with van der Waals surface area (Å²) in [4.78, 5) is 7.70. The van der Waals surface area contributed by atoms with Gasteiger partial charge in [-0.05, 0) is 28.1 Å². The van der Waals surface area contributed by atoms with E-state index in [1.807, 2.05) is 0 Å². The lowest BCUT2D eigenvalue weighted by atomic mass is 10.3. The highest BCUT2D eigenvalue weighted by Gasteiger charge is 2.10. The number of aromatic nitrogens is 2. The Labute approximate surface area is 104 Å². The Hall–Kier alpha value is -1.76. The number of rotatable bonds is 2. The molecule has 0 aliphatic rings. The summed E-state index contributed by atoms with van der Waals surface area (Å²) in [6.45, 7) is 0. The highest BCUT2D eigenvalue weighted by molar-refractivity contribution is 9.10. The fourth-order valence-corrected chi connectivity index (χ4v) is 1.71. The van der Waals surface area contributed by atoms with E-state index >= 15 is 0 Å². The van der Waals surface area contributed by atoms with Gasteiger partial charge in [0.2, 0.25) is 5.95 Å². The molecule has 0 unspecified atom stereocenters. The fraction of sp³-hybridized carbons (Fsp3) is 0. The van der Waals surface area contributed by atoms with E-state index in [4.69, 9.17) is 5.73 Å². The zero-order chi connectivity index (χ0) is 12.4. The van der Waals surface area contributed by atoms with Crippen LogP contribution in [0.15, 0.2) is 28.9 Å². The van der Waals surface area contributed by atoms with Gasteiger partial charge in [0.25, 0.3) is 0 Å². The molecule has 1 aromatic heterocycles. The van der Waals surface area contributed by atoms with E-state index in [-0.39, 0.29) is 21.9 Å². The van der Waals surface area contributed by atoms with Crippen LogP contribution >= 0.6 is 15.9 Å². The number of hydrogen-bond acceptors (Lipinski definition) is 4. The van der Waals surface area contributed by atoms with Crippen molar-refractivity contribution in [2.45, 2.75) is 0 Å². The monoisotopic (exact) mass is 300 g/mol. The Balaban J connectivity index is 2.36. The normalized spacial score (nSPS) is 10.3. The van der Waals surface area contributed by atoms with Crippen molar-refractivity contribution >= 4 is 33.4 Å². The second-order valence-electron chi connectivity index (χ2n) is 3.17. The number of benzene rings is 1. The number of nitrogen functional groups attached to an aromatic ring is 1. The molecule has 88 valence electrons. The minimum Gasteiger partial charge on any atom is -0.384 e. The predicted octanol–water partition coefficient (Wildman–Crippen LogP) is 2.84. The average Bonchev–Trinajstić information content (AvgIpc) is 2.23. The first kappa shape index (κ1) is 11.7. The van der Waals surface area contributed by atoms with E-state index in [0.717, 1.165) is 12.1 Å². The van der Waals surface area contributed by atoms with Crippen molar-refractivity contribution in [1.29, 1.82) is 0 Å². The van der Waals surface area contributed by atoms with Crippen LogP contribution in [0.4, 0.5) is 26.2 Å². The van der Waals surface area contributed by atoms with Gasteiger partial charge in [0.1, 0.15) is 11.6 Å². The summed E-state index contributed by atoms with van der Waals surface area (Å²) < 4.78 is 26.6. The molecule has 0 fully saturated rings. The van der Waals surface area contributed by atoms with Gasteiger partial charge < -0.3 is 11.1 Å². The number of nitrogens with one attached hydrogen (secondary N) is 1. The molecule has 0 spiro atoms. The van der Waals surface area contributed by atoms with Crippen LogP contribution in [0.2, 0.25) is 0 Å². The van der Waals surface area contributed by atoms with E-state index < -0.39 is 11.6 Å². The molecule has 0 aliphatic carbocycles. The van der Waals surface area contributed by atoms with Crippen molar-refractivity contribution < 1.29 is 8.78 Å². The number of nitrogens with zero attached hydrogens (tertiary/aromatic N) is 2. The molecule has 0 bridgehead atoms. The molecule has 2 rings (SSSR count). The van der Waals surface area contributed by atoms with Gasteiger partial charge in [-0.15, -0.1) is 0 Å². The van der Waals surface area contributed by atoms with Gasteiger partial charge >= 0.3 is 0 Å². The van der Waals surface area contributed by atoms with Crippen LogP contribution < -0.4 is 11.1 Å². The molecule has 0 aliphatic heterocycles. The summed E-state index contributed by atoms with van der Waals surface area (Å²) in [6.07, 6.45) is 1.43. The first-order valence-electron chi connectivity index (χ1n) is 4.56. The zero-order valence-electron chi connectivity index (χ0n) is 8.42. The van der Waals surface area contributed by atoms with Crippen LogP contribution in [0.5, 0.6) is 0 Å². The molecule has 2 aromatic rings. The molecule has 0 saturated carbocycles. The van der Waals surface area contributed by atoms with Crippen LogP contribution in [0.1, 0.15) is 0 Å². The molecular weight excluding hydrogens is 294 g/mol. The zero-order valence-corrected chi connectivity index (χ0v) is 10.0. The lowest BCUT2D eigenvalue weighted by Gasteiger charge is -2.08. The van der Waals surface area contributed by atoms with Crippen molar-refractivity contribution in [2.75, 3.05) is 11.1 Å². The maximum Gasteiger partial charge on any atom is 0.229 e. The van der Waals surface area contributed by atoms with Crippen LogP contribution in [0, 0.1) is 11.6 Å². The topological polar surface area (TPSA) is 63.8 Å². The van der Waals surface area contributed by atoms with E-state index in [1.54, 1.807) is 0 Å². The Morgan fingerprint density at radius 3 is 2.71 bits per heavy atom. The number of anilines is 3. The van der Waals surface area contributed by atoms with Crippen LogP contribution in [0.25, 0.3) is 0 Å². The Morgan fingerprint density at radius 1 is 1.29 bits per heavy atom. The van der Waals surface area contributed by atoms with Gasteiger partial charge in [-0.2, -0.15) is 4.98 Å². The molecule has 0 amide bonds. The van der Waals surface area contributed by atoms with Gasteiger partial charge in [-0.3, -0.25) is 0 Å². The van der Waals surface area contributed by atoms with Crippen LogP contribution in [-0.4, -0.2) is 9.97 Å². The quantitative estimate of drug-likeness (QED) is 0.895. The van der Waals surface area contributed by atoms with Gasteiger partial charge in [-0.1, -0.05) is 0 Å². The highest BCUT2D eigenvalue weighted by atomic mass is 79.9. The van der Waals surface area contributed by atoms with Gasteiger partial charge in [0.15, 0.2) is 5.82 Å². The first-order valence-corrected chi connectivity index (χ1v) is 5.35. The maximum absolute atomic E-state index is 13.5. The van der Waals surface area contributed by atoms with E-state index in [2.05, 4.69) is 31.2 Å². The fourth-order valence-electron chi connectivity index (χ4n) is 1.21. The molecule has 7 heteroatoms. The summed E-state index contributed by atoms with van der Waals surface area (Å²) in [5.41, 5.74) is 5.51. The van der Waals surface area contributed by atoms with E-state index in [9.17, 15) is 8.78 Å². The maximum atomic E-state index is 13.5. The summed E-state index contributed by atoms with van der Waals surface area (Å²) in [7, 11) is 0. The third-order valence-corrected chi connectivity index (χ3v) is 2.55. The summed E-state index contributed by atoms with van der Waals surface area (Å²) in [5, 5.41) is 2.62. The number of nitrogens with two attached hydrogens (primary N) is 1. The average molecular weight is 301 g/mol. The predicted molar refractivity (Wildman–Crippen MR) is 63.8 cm³/mol. The largest absolute Gasteiger partial charge is 0.384 e. The van der Waals surface area contributed by atoms with Gasteiger partial charge in [0.05, 0.1) is 5.69 Å². The third-order valence-electron chi connectivity index (χ3n) is 1.92. The molecule has 3 N–H and O–H groups in total. The molecule has 0 atom stereocenters. The van der Waals surface area contributed by atoms with Crippen molar-refractivity contribution in [3.63, 3.8) is 0 Å². The van der Waals surface area contributed by atoms with Crippen molar-refractivity contribution in [3.05, 3.63) is 40.5 Å². The standard InChI is InChI=1S/C10H7BrF2N4/c11-6-3-5(12)4-7(13)9(6)17-10-15-2-1-8(14)16-10/h1-4H,(H3,14,15,16,17). The Bertz CT molecular complexity index is 539. The van der Waals surface area contributed by atoms with Crippen LogP contribution in [-0.2, 0) is 0 Å². The van der Waals surface area contributed by atoms with Gasteiger partial charge in [-0.25, -0.2) is 13.8 Å². The summed E-state index contributed by atoms with van der Waals surface area (Å²) in [6, 6.07) is 3.40. The Morgan fingerprint density at radius 2 is 2.06 bits per heavy atom. The molecular formula is C10H7BrF2N4. The van der Waals surface area contributed by atoms with E-state index in [1.165, 1.54) is 12.3 Å². The molecule has 4 nitrogen and oxygen atoms in total. The summed E-state index contributed by atoms with van der Waals surface area (Å²) in [5.74, 6) is -1.03. The Kier molecular flexibility index (Phi) is 3.19. The lowest BCUT2D eigenvalue weighted by molar-refractivity contribution is 0.584. The number of hydrogen-bond donors (Lipinski definition) is 2. The van der Waals surface area contributed by atoms with E-state index in [0.29, 0.717) is 0 Å². The highest BCUT2D eigenvalue weighted by Crippen LogP contribution is 2.28. The second-order valence-corrected chi connectivity index (χ2v) is 4.03. The molecule has 1 aromatic carbocycles. The van der Waals surface area contributed by atoms with Crippen molar-refractivity contribution in [3.8, 4) is 0 Å². The minimum atomic E-state index is -0.747. The number of halogens is 3. The van der Waals surface area contributed by atoms with Crippen molar-refractivity contribution in [2.24, 2.45) is 0 Å². The smallest absolute Gasteiger partial charge is 0.229 e. The molecule has 17 heavy (non-hydrogen) atoms. The second kappa shape index (κ2) is 4.62. The molecule has 0 saturated heterocycles. The summed E-state index contributed by atoms with van der Waals surface area (Å²) >= 11 is 3.04. The SMILES string of the molecule is Nc1ccnc(Nc2c(F)cc(F)cc2Br)n1. The molecule has 0 radical (unpaired) electrons. The lowest BCUT2D eigenvalue weighted by Crippen LogP contribution is -2.02. The van der Waals surface area contributed by atoms with Crippen molar-refractivity contribution in [1.82, 2.24) is 9.97 Å². The van der Waals surface area contributed by atoms with Gasteiger partial charge in [0, 0.05) is 16.7 Å². The minimum absolute atomic E-state index is 0.0528.